The standard InChI is InChI=1S/C14H11F3O5S2/c1-2-21-13(18)11-10(22-24(19,20)14(15,16)17)8-23-12(11)9-6-4-3-5-7-9/h3-8H,2H2,1H3. The maximum Gasteiger partial charge on any atom is 0.534 e. The van der Waals surface area contributed by atoms with Crippen molar-refractivity contribution in [2.75, 3.05) is 6.61 Å². The van der Waals surface area contributed by atoms with Gasteiger partial charge in [-0.1, -0.05) is 30.3 Å². The van der Waals surface area contributed by atoms with Gasteiger partial charge in [0.2, 0.25) is 0 Å². The van der Waals surface area contributed by atoms with E-state index in [1.165, 1.54) is 6.92 Å². The molecule has 0 atom stereocenters. The van der Waals surface area contributed by atoms with Gasteiger partial charge in [0.1, 0.15) is 5.56 Å². The van der Waals surface area contributed by atoms with Crippen molar-refractivity contribution in [2.45, 2.75) is 12.4 Å². The molecule has 24 heavy (non-hydrogen) atoms. The van der Waals surface area contributed by atoms with E-state index in [0.29, 0.717) is 5.56 Å². The minimum atomic E-state index is -5.89. The lowest BCUT2D eigenvalue weighted by atomic mass is 10.1. The van der Waals surface area contributed by atoms with Gasteiger partial charge < -0.3 is 8.92 Å². The fraction of sp³-hybridized carbons (Fsp3) is 0.214. The van der Waals surface area contributed by atoms with Crippen LogP contribution in [0.3, 0.4) is 0 Å². The number of rotatable bonds is 5. The smallest absolute Gasteiger partial charge is 0.462 e. The maximum atomic E-state index is 12.5. The molecule has 0 aliphatic rings. The van der Waals surface area contributed by atoms with E-state index < -0.39 is 27.3 Å². The lowest BCUT2D eigenvalue weighted by molar-refractivity contribution is -0.0500. The van der Waals surface area contributed by atoms with Crippen molar-refractivity contribution in [1.82, 2.24) is 0 Å². The third kappa shape index (κ3) is 3.70. The van der Waals surface area contributed by atoms with E-state index in [1.54, 1.807) is 30.3 Å². The number of halogens is 3. The molecule has 2 rings (SSSR count). The lowest BCUT2D eigenvalue weighted by Gasteiger charge is -2.10. The number of hydrogen-bond acceptors (Lipinski definition) is 6. The number of esters is 1. The van der Waals surface area contributed by atoms with Crippen LogP contribution in [-0.4, -0.2) is 26.5 Å². The van der Waals surface area contributed by atoms with Gasteiger partial charge >= 0.3 is 21.6 Å². The zero-order chi connectivity index (χ0) is 18.0. The molecule has 5 nitrogen and oxygen atoms in total. The van der Waals surface area contributed by atoms with E-state index in [1.807, 2.05) is 0 Å². The van der Waals surface area contributed by atoms with E-state index >= 15 is 0 Å². The van der Waals surface area contributed by atoms with Crippen LogP contribution in [0.25, 0.3) is 10.4 Å². The van der Waals surface area contributed by atoms with Crippen molar-refractivity contribution in [3.63, 3.8) is 0 Å². The summed E-state index contributed by atoms with van der Waals surface area (Å²) in [6.45, 7) is 1.48. The first-order valence-corrected chi connectivity index (χ1v) is 8.81. The minimum absolute atomic E-state index is 0.0334. The Labute approximate surface area is 139 Å². The van der Waals surface area contributed by atoms with E-state index in [2.05, 4.69) is 4.18 Å². The predicted molar refractivity (Wildman–Crippen MR) is 81.3 cm³/mol. The molecule has 0 unspecified atom stereocenters. The fourth-order valence-corrected chi connectivity index (χ4v) is 3.26. The average molecular weight is 380 g/mol. The number of carbonyl (C=O) groups excluding carboxylic acids is 1. The molecule has 0 radical (unpaired) electrons. The van der Waals surface area contributed by atoms with Crippen LogP contribution in [0.2, 0.25) is 0 Å². The molecule has 0 fully saturated rings. The molecular weight excluding hydrogens is 369 g/mol. The monoisotopic (exact) mass is 380 g/mol. The van der Waals surface area contributed by atoms with E-state index in [9.17, 15) is 26.4 Å². The third-order valence-electron chi connectivity index (χ3n) is 2.76. The molecule has 0 aliphatic carbocycles. The summed E-state index contributed by atoms with van der Waals surface area (Å²) >= 11 is 0.877. The summed E-state index contributed by atoms with van der Waals surface area (Å²) in [4.78, 5) is 12.3. The number of alkyl halides is 3. The molecule has 0 aliphatic heterocycles. The third-order valence-corrected chi connectivity index (χ3v) is 4.73. The zero-order valence-corrected chi connectivity index (χ0v) is 13.8. The van der Waals surface area contributed by atoms with Gasteiger partial charge in [-0.3, -0.25) is 0 Å². The lowest BCUT2D eigenvalue weighted by Crippen LogP contribution is -2.28. The van der Waals surface area contributed by atoms with Crippen LogP contribution in [0.4, 0.5) is 13.2 Å². The molecule has 10 heteroatoms. The van der Waals surface area contributed by atoms with Crippen LogP contribution in [0, 0.1) is 0 Å². The molecule has 1 aromatic heterocycles. The average Bonchev–Trinajstić information content (AvgIpc) is 2.90. The number of thiophene rings is 1. The summed E-state index contributed by atoms with van der Waals surface area (Å²) < 4.78 is 68.8. The van der Waals surface area contributed by atoms with Crippen molar-refractivity contribution in [3.05, 3.63) is 41.3 Å². The van der Waals surface area contributed by atoms with E-state index in [4.69, 9.17) is 4.74 Å². The second-order valence-corrected chi connectivity index (χ2v) is 6.79. The topological polar surface area (TPSA) is 69.7 Å². The number of benzene rings is 1. The van der Waals surface area contributed by atoms with Crippen LogP contribution in [-0.2, 0) is 14.9 Å². The summed E-state index contributed by atoms with van der Waals surface area (Å²) in [6.07, 6.45) is 0. The Bertz CT molecular complexity index is 826. The fourth-order valence-electron chi connectivity index (χ4n) is 1.77. The van der Waals surface area contributed by atoms with Gasteiger partial charge in [0.25, 0.3) is 0 Å². The van der Waals surface area contributed by atoms with Gasteiger partial charge in [0, 0.05) is 5.38 Å². The highest BCUT2D eigenvalue weighted by Crippen LogP contribution is 2.40. The van der Waals surface area contributed by atoms with E-state index in [-0.39, 0.29) is 17.0 Å². The van der Waals surface area contributed by atoms with Gasteiger partial charge in [0.05, 0.1) is 11.5 Å². The van der Waals surface area contributed by atoms with Crippen LogP contribution in [0.1, 0.15) is 17.3 Å². The van der Waals surface area contributed by atoms with Gasteiger partial charge in [-0.25, -0.2) is 4.79 Å². The van der Waals surface area contributed by atoms with Crippen LogP contribution in [0.15, 0.2) is 35.7 Å². The molecule has 0 saturated heterocycles. The molecule has 0 N–H and O–H groups in total. The molecule has 130 valence electrons. The Morgan fingerprint density at radius 1 is 1.21 bits per heavy atom. The van der Waals surface area contributed by atoms with Crippen LogP contribution in [0.5, 0.6) is 5.75 Å². The molecule has 0 bridgehead atoms. The van der Waals surface area contributed by atoms with Crippen molar-refractivity contribution in [3.8, 4) is 16.2 Å². The molecule has 1 heterocycles. The van der Waals surface area contributed by atoms with Crippen molar-refractivity contribution < 1.29 is 35.3 Å². The second kappa shape index (κ2) is 6.81. The Morgan fingerprint density at radius 3 is 2.38 bits per heavy atom. The summed E-state index contributed by atoms with van der Waals surface area (Å²) in [6, 6.07) is 8.29. The van der Waals surface area contributed by atoms with Gasteiger partial charge in [-0.2, -0.15) is 21.6 Å². The molecule has 1 aromatic carbocycles. The molecular formula is C14H11F3O5S2. The molecule has 0 spiro atoms. The zero-order valence-electron chi connectivity index (χ0n) is 12.2. The number of ether oxygens (including phenoxy) is 1. The minimum Gasteiger partial charge on any atom is -0.462 e. The van der Waals surface area contributed by atoms with Gasteiger partial charge in [-0.05, 0) is 12.5 Å². The van der Waals surface area contributed by atoms with Crippen LogP contribution >= 0.6 is 11.3 Å². The first kappa shape index (κ1) is 18.3. The Morgan fingerprint density at radius 2 is 1.83 bits per heavy atom. The predicted octanol–water partition coefficient (Wildman–Crippen LogP) is 3.82. The maximum absolute atomic E-state index is 12.5. The Hall–Kier alpha value is -2.07. The highest BCUT2D eigenvalue weighted by Gasteiger charge is 2.49. The quantitative estimate of drug-likeness (QED) is 0.448. The summed E-state index contributed by atoms with van der Waals surface area (Å²) in [5.41, 5.74) is -5.45. The van der Waals surface area contributed by atoms with Gasteiger partial charge in [-0.15, -0.1) is 11.3 Å². The highest BCUT2D eigenvalue weighted by molar-refractivity contribution is 7.88. The Kier molecular flexibility index (Phi) is 5.19. The first-order valence-electron chi connectivity index (χ1n) is 6.52. The Balaban J connectivity index is 2.54. The van der Waals surface area contributed by atoms with Crippen molar-refractivity contribution in [2.24, 2.45) is 0 Å². The van der Waals surface area contributed by atoms with Crippen LogP contribution < -0.4 is 4.18 Å². The largest absolute Gasteiger partial charge is 0.534 e. The van der Waals surface area contributed by atoms with Crippen molar-refractivity contribution in [1.29, 1.82) is 0 Å². The van der Waals surface area contributed by atoms with E-state index in [0.717, 1.165) is 16.7 Å². The summed E-state index contributed by atoms with van der Waals surface area (Å²) in [5.74, 6) is -1.68. The molecule has 0 saturated carbocycles. The number of hydrogen-bond donors (Lipinski definition) is 0. The number of carbonyl (C=O) groups is 1. The first-order chi connectivity index (χ1) is 11.2. The highest BCUT2D eigenvalue weighted by atomic mass is 32.2. The SMILES string of the molecule is CCOC(=O)c1c(OS(=O)(=O)C(F)(F)F)csc1-c1ccccc1. The molecule has 2 aromatic rings. The summed E-state index contributed by atoms with van der Waals surface area (Å²) in [7, 11) is -5.89. The summed E-state index contributed by atoms with van der Waals surface area (Å²) in [5, 5.41) is 1.03. The molecule has 0 amide bonds. The van der Waals surface area contributed by atoms with Crippen molar-refractivity contribution >= 4 is 27.4 Å². The normalized spacial score (nSPS) is 12.0. The van der Waals surface area contributed by atoms with Gasteiger partial charge in [0.15, 0.2) is 5.75 Å². The second-order valence-electron chi connectivity index (χ2n) is 4.37.